The number of ether oxygens (including phenoxy) is 1. The summed E-state index contributed by atoms with van der Waals surface area (Å²) in [5.41, 5.74) is 0.949. The Labute approximate surface area is 88.8 Å². The Hall–Kier alpha value is -1.68. The molecule has 1 aromatic carbocycles. The molecule has 0 aliphatic rings. The fourth-order valence-corrected chi connectivity index (χ4v) is 1.09. The minimum absolute atomic E-state index is 0.0423. The lowest BCUT2D eigenvalue weighted by Crippen LogP contribution is -2.32. The molecule has 0 aliphatic heterocycles. The molecule has 15 heavy (non-hydrogen) atoms. The Morgan fingerprint density at radius 2 is 2.07 bits per heavy atom. The largest absolute Gasteiger partial charge is 0.378 e. The standard InChI is InChI=1S/C11H14N2O2/c1-15-8-10(12)11(14)13-7-9-5-3-2-4-6-9/h2-6,12H,7-8H2,1H3,(H,13,14). The number of carbonyl (C=O) groups is 1. The van der Waals surface area contributed by atoms with Gasteiger partial charge in [0.1, 0.15) is 5.71 Å². The topological polar surface area (TPSA) is 62.2 Å². The van der Waals surface area contributed by atoms with Crippen LogP contribution in [0.4, 0.5) is 0 Å². The van der Waals surface area contributed by atoms with E-state index in [2.05, 4.69) is 5.32 Å². The smallest absolute Gasteiger partial charge is 0.267 e. The Bertz CT molecular complexity index is 336. The number of amides is 1. The first-order chi connectivity index (χ1) is 7.24. The Morgan fingerprint density at radius 1 is 1.40 bits per heavy atom. The van der Waals surface area contributed by atoms with E-state index in [0.29, 0.717) is 6.54 Å². The average molecular weight is 206 g/mol. The van der Waals surface area contributed by atoms with Crippen LogP contribution in [0.5, 0.6) is 0 Å². The van der Waals surface area contributed by atoms with Crippen molar-refractivity contribution in [3.8, 4) is 0 Å². The van der Waals surface area contributed by atoms with Crippen LogP contribution in [-0.2, 0) is 16.1 Å². The molecule has 0 radical (unpaired) electrons. The summed E-state index contributed by atoms with van der Waals surface area (Å²) in [5.74, 6) is -0.388. The van der Waals surface area contributed by atoms with Gasteiger partial charge in [-0.1, -0.05) is 30.3 Å². The normalized spacial score (nSPS) is 9.67. The summed E-state index contributed by atoms with van der Waals surface area (Å²) in [5, 5.41) is 9.96. The third kappa shape index (κ3) is 3.91. The zero-order chi connectivity index (χ0) is 11.1. The molecule has 4 nitrogen and oxygen atoms in total. The van der Waals surface area contributed by atoms with E-state index in [1.165, 1.54) is 7.11 Å². The van der Waals surface area contributed by atoms with Crippen LogP contribution in [0.1, 0.15) is 5.56 Å². The third-order valence-electron chi connectivity index (χ3n) is 1.86. The maximum Gasteiger partial charge on any atom is 0.267 e. The van der Waals surface area contributed by atoms with Gasteiger partial charge in [-0.3, -0.25) is 10.2 Å². The maximum atomic E-state index is 11.3. The predicted molar refractivity (Wildman–Crippen MR) is 57.9 cm³/mol. The number of benzene rings is 1. The Kier molecular flexibility index (Phi) is 4.50. The van der Waals surface area contributed by atoms with E-state index in [9.17, 15) is 4.79 Å². The first-order valence-corrected chi connectivity index (χ1v) is 4.62. The van der Waals surface area contributed by atoms with Crippen LogP contribution in [-0.4, -0.2) is 25.3 Å². The van der Waals surface area contributed by atoms with Gasteiger partial charge in [0, 0.05) is 13.7 Å². The highest BCUT2D eigenvalue weighted by Gasteiger charge is 2.07. The van der Waals surface area contributed by atoms with Gasteiger partial charge in [-0.2, -0.15) is 0 Å². The van der Waals surface area contributed by atoms with Crippen LogP contribution in [0.2, 0.25) is 0 Å². The van der Waals surface area contributed by atoms with Gasteiger partial charge in [-0.15, -0.1) is 0 Å². The van der Waals surface area contributed by atoms with E-state index in [1.807, 2.05) is 30.3 Å². The van der Waals surface area contributed by atoms with Crippen molar-refractivity contribution in [3.05, 3.63) is 35.9 Å². The Balaban J connectivity index is 2.38. The molecule has 0 heterocycles. The van der Waals surface area contributed by atoms with E-state index in [-0.39, 0.29) is 18.2 Å². The van der Waals surface area contributed by atoms with Crippen LogP contribution in [0.25, 0.3) is 0 Å². The molecule has 1 aromatic rings. The number of hydrogen-bond acceptors (Lipinski definition) is 3. The molecule has 1 amide bonds. The third-order valence-corrected chi connectivity index (χ3v) is 1.86. The number of nitrogens with one attached hydrogen (secondary N) is 2. The molecular weight excluding hydrogens is 192 g/mol. The second-order valence-corrected chi connectivity index (χ2v) is 3.08. The van der Waals surface area contributed by atoms with Crippen molar-refractivity contribution >= 4 is 11.6 Å². The van der Waals surface area contributed by atoms with Gasteiger partial charge in [0.05, 0.1) is 6.61 Å². The van der Waals surface area contributed by atoms with Gasteiger partial charge >= 0.3 is 0 Å². The molecule has 0 saturated carbocycles. The van der Waals surface area contributed by atoms with E-state index in [1.54, 1.807) is 0 Å². The summed E-state index contributed by atoms with van der Waals surface area (Å²) in [6, 6.07) is 9.56. The second kappa shape index (κ2) is 5.93. The fraction of sp³-hybridized carbons (Fsp3) is 0.273. The SMILES string of the molecule is COCC(=N)C(=O)NCc1ccccc1. The highest BCUT2D eigenvalue weighted by molar-refractivity contribution is 6.38. The molecule has 0 bridgehead atoms. The Morgan fingerprint density at radius 3 is 2.67 bits per heavy atom. The van der Waals surface area contributed by atoms with E-state index in [4.69, 9.17) is 10.1 Å². The fourth-order valence-electron chi connectivity index (χ4n) is 1.09. The lowest BCUT2D eigenvalue weighted by Gasteiger charge is -2.05. The van der Waals surface area contributed by atoms with Gasteiger partial charge in [-0.05, 0) is 5.56 Å². The first-order valence-electron chi connectivity index (χ1n) is 4.62. The zero-order valence-electron chi connectivity index (χ0n) is 8.62. The van der Waals surface area contributed by atoms with E-state index in [0.717, 1.165) is 5.56 Å². The van der Waals surface area contributed by atoms with Crippen LogP contribution in [0, 0.1) is 5.41 Å². The van der Waals surface area contributed by atoms with Crippen molar-refractivity contribution in [1.29, 1.82) is 5.41 Å². The monoisotopic (exact) mass is 206 g/mol. The summed E-state index contributed by atoms with van der Waals surface area (Å²) in [6.07, 6.45) is 0. The van der Waals surface area contributed by atoms with Crippen molar-refractivity contribution in [2.45, 2.75) is 6.54 Å². The van der Waals surface area contributed by atoms with Crippen molar-refractivity contribution in [2.75, 3.05) is 13.7 Å². The summed E-state index contributed by atoms with van der Waals surface area (Å²) in [6.45, 7) is 0.479. The van der Waals surface area contributed by atoms with Gasteiger partial charge in [0.25, 0.3) is 5.91 Å². The summed E-state index contributed by atoms with van der Waals surface area (Å²) in [7, 11) is 1.46. The van der Waals surface area contributed by atoms with Gasteiger partial charge in [0.15, 0.2) is 0 Å². The molecule has 80 valence electrons. The highest BCUT2D eigenvalue weighted by Crippen LogP contribution is 1.96. The molecule has 2 N–H and O–H groups in total. The number of hydrogen-bond donors (Lipinski definition) is 2. The number of rotatable bonds is 5. The molecular formula is C11H14N2O2. The average Bonchev–Trinajstić information content (AvgIpc) is 2.27. The molecule has 0 unspecified atom stereocenters. The second-order valence-electron chi connectivity index (χ2n) is 3.08. The molecule has 0 aliphatic carbocycles. The van der Waals surface area contributed by atoms with E-state index >= 15 is 0 Å². The van der Waals surface area contributed by atoms with Crippen molar-refractivity contribution in [1.82, 2.24) is 5.32 Å². The van der Waals surface area contributed by atoms with Crippen LogP contribution in [0.3, 0.4) is 0 Å². The van der Waals surface area contributed by atoms with Crippen molar-refractivity contribution in [3.63, 3.8) is 0 Å². The quantitative estimate of drug-likeness (QED) is 0.705. The molecule has 4 heteroatoms. The van der Waals surface area contributed by atoms with Gasteiger partial charge in [-0.25, -0.2) is 0 Å². The number of methoxy groups -OCH3 is 1. The highest BCUT2D eigenvalue weighted by atomic mass is 16.5. The molecule has 1 rings (SSSR count). The molecule has 0 aromatic heterocycles. The summed E-state index contributed by atoms with van der Waals surface area (Å²) in [4.78, 5) is 11.3. The van der Waals surface area contributed by atoms with Crippen LogP contribution >= 0.6 is 0 Å². The minimum Gasteiger partial charge on any atom is -0.378 e. The lowest BCUT2D eigenvalue weighted by molar-refractivity contribution is -0.115. The maximum absolute atomic E-state index is 11.3. The summed E-state index contributed by atoms with van der Waals surface area (Å²) >= 11 is 0. The van der Waals surface area contributed by atoms with Crippen molar-refractivity contribution in [2.24, 2.45) is 0 Å². The first kappa shape index (κ1) is 11.4. The number of carbonyl (C=O) groups excluding carboxylic acids is 1. The van der Waals surface area contributed by atoms with E-state index < -0.39 is 0 Å². The van der Waals surface area contributed by atoms with Gasteiger partial charge < -0.3 is 10.1 Å². The van der Waals surface area contributed by atoms with Crippen LogP contribution < -0.4 is 5.32 Å². The molecule has 0 saturated heterocycles. The lowest BCUT2D eigenvalue weighted by atomic mass is 10.2. The predicted octanol–water partition coefficient (Wildman–Crippen LogP) is 0.969. The summed E-state index contributed by atoms with van der Waals surface area (Å²) < 4.78 is 4.69. The molecule has 0 atom stereocenters. The van der Waals surface area contributed by atoms with Crippen LogP contribution in [0.15, 0.2) is 30.3 Å². The molecule has 0 spiro atoms. The van der Waals surface area contributed by atoms with Gasteiger partial charge in [0.2, 0.25) is 0 Å². The zero-order valence-corrected chi connectivity index (χ0v) is 8.62. The van der Waals surface area contributed by atoms with Crippen molar-refractivity contribution < 1.29 is 9.53 Å². The molecule has 0 fully saturated rings. The minimum atomic E-state index is -0.388.